The zero-order valence-electron chi connectivity index (χ0n) is 14.2. The molecule has 0 aliphatic carbocycles. The number of quaternary nitrogens is 1. The van der Waals surface area contributed by atoms with Gasteiger partial charge in [-0.25, -0.2) is 10.0 Å². The molecular formula is C20H13NO7. The van der Waals surface area contributed by atoms with Crippen LogP contribution in [0.15, 0.2) is 71.0 Å². The van der Waals surface area contributed by atoms with Crippen molar-refractivity contribution in [3.05, 3.63) is 88.7 Å². The van der Waals surface area contributed by atoms with Gasteiger partial charge in [0.2, 0.25) is 5.78 Å². The number of furan rings is 1. The summed E-state index contributed by atoms with van der Waals surface area (Å²) in [5, 5.41) is 18.7. The van der Waals surface area contributed by atoms with Gasteiger partial charge in [0.1, 0.15) is 17.3 Å². The van der Waals surface area contributed by atoms with Gasteiger partial charge in [-0.15, -0.1) is 0 Å². The molecule has 0 spiro atoms. The van der Waals surface area contributed by atoms with Crippen LogP contribution < -0.4 is 14.7 Å². The minimum Gasteiger partial charge on any atom is -0.595 e. The van der Waals surface area contributed by atoms with E-state index in [0.29, 0.717) is 11.3 Å². The molecule has 0 saturated carbocycles. The van der Waals surface area contributed by atoms with Crippen molar-refractivity contribution in [2.24, 2.45) is 0 Å². The predicted molar refractivity (Wildman–Crippen MR) is 95.3 cm³/mol. The van der Waals surface area contributed by atoms with Crippen LogP contribution >= 0.6 is 0 Å². The summed E-state index contributed by atoms with van der Waals surface area (Å²) < 4.78 is 16.0. The second-order valence-electron chi connectivity index (χ2n) is 5.89. The molecule has 140 valence electrons. The van der Waals surface area contributed by atoms with Crippen LogP contribution in [-0.4, -0.2) is 17.0 Å². The van der Waals surface area contributed by atoms with E-state index in [0.717, 1.165) is 0 Å². The largest absolute Gasteiger partial charge is 0.595 e. The Balaban J connectivity index is 1.51. The van der Waals surface area contributed by atoms with E-state index in [1.165, 1.54) is 54.8 Å². The maximum absolute atomic E-state index is 12.4. The number of allylic oxidation sites excluding steroid dienone is 1. The van der Waals surface area contributed by atoms with Crippen molar-refractivity contribution in [2.45, 2.75) is 0 Å². The Labute approximate surface area is 158 Å². The van der Waals surface area contributed by atoms with Gasteiger partial charge in [0, 0.05) is 24.3 Å². The number of carbonyl (C=O) groups is 2. The number of esters is 1. The molecule has 0 radical (unpaired) electrons. The summed E-state index contributed by atoms with van der Waals surface area (Å²) in [6.45, 7) is 0. The van der Waals surface area contributed by atoms with Crippen LogP contribution in [0.3, 0.4) is 0 Å². The first-order chi connectivity index (χ1) is 13.5. The minimum absolute atomic E-state index is 0.0665. The van der Waals surface area contributed by atoms with Gasteiger partial charge < -0.3 is 19.1 Å². The summed E-state index contributed by atoms with van der Waals surface area (Å²) in [6, 6.07) is 13.2. The molecule has 8 heteroatoms. The summed E-state index contributed by atoms with van der Waals surface area (Å²) >= 11 is 0. The van der Waals surface area contributed by atoms with Crippen LogP contribution in [0.5, 0.6) is 11.5 Å². The Hall–Kier alpha value is -3.72. The Morgan fingerprint density at radius 2 is 1.93 bits per heavy atom. The number of nitrogens with one attached hydrogen (secondary N) is 1. The standard InChI is InChI=1S/C20H13NO7/c22-19-16-8-7-15(11-17(16)28-18(19)10-14-2-1-9-26-14)27-20(23)12-3-5-13(6-4-12)21(24)25/h1-11,21,24H. The fraction of sp³-hybridized carbons (Fsp3) is 0. The van der Waals surface area contributed by atoms with Crippen LogP contribution in [0.2, 0.25) is 0 Å². The van der Waals surface area contributed by atoms with E-state index in [1.54, 1.807) is 12.1 Å². The smallest absolute Gasteiger partial charge is 0.343 e. The van der Waals surface area contributed by atoms with Crippen molar-refractivity contribution in [1.82, 2.24) is 0 Å². The zero-order chi connectivity index (χ0) is 19.7. The number of Topliss-reactive ketones (excluding diaryl/α,β-unsaturated/α-hetero) is 1. The van der Waals surface area contributed by atoms with E-state index in [9.17, 15) is 14.8 Å². The molecule has 1 atom stereocenters. The topological polar surface area (TPSA) is 113 Å². The van der Waals surface area contributed by atoms with Gasteiger partial charge in [-0.2, -0.15) is 5.23 Å². The van der Waals surface area contributed by atoms with Crippen LogP contribution in [-0.2, 0) is 0 Å². The lowest BCUT2D eigenvalue weighted by molar-refractivity contribution is -0.991. The fourth-order valence-corrected chi connectivity index (χ4v) is 2.65. The molecule has 2 heterocycles. The number of ketones is 1. The highest BCUT2D eigenvalue weighted by molar-refractivity contribution is 6.14. The van der Waals surface area contributed by atoms with Gasteiger partial charge in [0.15, 0.2) is 11.4 Å². The molecule has 1 aliphatic rings. The van der Waals surface area contributed by atoms with Crippen molar-refractivity contribution < 1.29 is 33.9 Å². The lowest BCUT2D eigenvalue weighted by atomic mass is 10.1. The minimum atomic E-state index is -1.08. The van der Waals surface area contributed by atoms with Crippen LogP contribution in [0.25, 0.3) is 6.08 Å². The number of rotatable bonds is 4. The van der Waals surface area contributed by atoms with Crippen LogP contribution in [0, 0.1) is 5.21 Å². The van der Waals surface area contributed by atoms with E-state index >= 15 is 0 Å². The summed E-state index contributed by atoms with van der Waals surface area (Å²) in [5.74, 6) is 0.0961. The van der Waals surface area contributed by atoms with Gasteiger partial charge in [0.25, 0.3) is 0 Å². The predicted octanol–water partition coefficient (Wildman–Crippen LogP) is 2.52. The molecule has 0 amide bonds. The zero-order valence-corrected chi connectivity index (χ0v) is 14.2. The molecule has 1 aromatic heterocycles. The summed E-state index contributed by atoms with van der Waals surface area (Å²) in [7, 11) is 0. The highest BCUT2D eigenvalue weighted by Gasteiger charge is 2.28. The van der Waals surface area contributed by atoms with Gasteiger partial charge in [-0.1, -0.05) is 0 Å². The number of carbonyl (C=O) groups excluding carboxylic acids is 2. The SMILES string of the molecule is O=C(Oc1ccc2c(c1)OC(=Cc1ccco1)C2=O)c1ccc([NH+]([O-])O)cc1. The Bertz CT molecular complexity index is 1070. The van der Waals surface area contributed by atoms with E-state index in [1.807, 2.05) is 0 Å². The number of hydrogen-bond acceptors (Lipinski definition) is 7. The second kappa shape index (κ2) is 7.12. The monoisotopic (exact) mass is 379 g/mol. The lowest BCUT2D eigenvalue weighted by Crippen LogP contribution is -2.99. The Morgan fingerprint density at radius 1 is 1.14 bits per heavy atom. The van der Waals surface area contributed by atoms with Crippen molar-refractivity contribution >= 4 is 23.5 Å². The average molecular weight is 379 g/mol. The second-order valence-corrected chi connectivity index (χ2v) is 5.89. The quantitative estimate of drug-likeness (QED) is 0.310. The molecular weight excluding hydrogens is 366 g/mol. The number of benzene rings is 2. The number of ether oxygens (including phenoxy) is 2. The van der Waals surface area contributed by atoms with Crippen LogP contribution in [0.4, 0.5) is 5.69 Å². The number of fused-ring (bicyclic) bond motifs is 1. The van der Waals surface area contributed by atoms with Crippen molar-refractivity contribution in [3.8, 4) is 11.5 Å². The highest BCUT2D eigenvalue weighted by Crippen LogP contribution is 2.35. The highest BCUT2D eigenvalue weighted by atomic mass is 16.8. The summed E-state index contributed by atoms with van der Waals surface area (Å²) in [6.07, 6.45) is 2.97. The Kier molecular flexibility index (Phi) is 4.50. The maximum Gasteiger partial charge on any atom is 0.343 e. The van der Waals surface area contributed by atoms with Gasteiger partial charge in [-0.3, -0.25) is 4.79 Å². The lowest BCUT2D eigenvalue weighted by Gasteiger charge is -2.11. The number of hydrogen-bond donors (Lipinski definition) is 2. The van der Waals surface area contributed by atoms with Crippen molar-refractivity contribution in [3.63, 3.8) is 0 Å². The third kappa shape index (κ3) is 3.42. The third-order valence-electron chi connectivity index (χ3n) is 4.04. The molecule has 0 fully saturated rings. The first-order valence-electron chi connectivity index (χ1n) is 8.18. The molecule has 0 saturated heterocycles. The van der Waals surface area contributed by atoms with Gasteiger partial charge in [0.05, 0.1) is 17.4 Å². The van der Waals surface area contributed by atoms with E-state index in [4.69, 9.17) is 19.1 Å². The summed E-state index contributed by atoms with van der Waals surface area (Å²) in [4.78, 5) is 24.6. The first kappa shape index (κ1) is 17.7. The van der Waals surface area contributed by atoms with Crippen molar-refractivity contribution in [1.29, 1.82) is 0 Å². The van der Waals surface area contributed by atoms with E-state index < -0.39 is 11.2 Å². The summed E-state index contributed by atoms with van der Waals surface area (Å²) in [5.41, 5.74) is 0.612. The molecule has 3 aromatic rings. The molecule has 8 nitrogen and oxygen atoms in total. The van der Waals surface area contributed by atoms with E-state index in [-0.39, 0.29) is 34.3 Å². The van der Waals surface area contributed by atoms with Crippen LogP contribution in [0.1, 0.15) is 26.5 Å². The van der Waals surface area contributed by atoms with E-state index in [2.05, 4.69) is 0 Å². The third-order valence-corrected chi connectivity index (χ3v) is 4.04. The average Bonchev–Trinajstić information content (AvgIpc) is 3.30. The Morgan fingerprint density at radius 3 is 2.61 bits per heavy atom. The molecule has 28 heavy (non-hydrogen) atoms. The first-order valence-corrected chi connectivity index (χ1v) is 8.18. The molecule has 2 N–H and O–H groups in total. The van der Waals surface area contributed by atoms with Gasteiger partial charge in [-0.05, 0) is 36.4 Å². The van der Waals surface area contributed by atoms with Crippen molar-refractivity contribution in [2.75, 3.05) is 0 Å². The maximum atomic E-state index is 12.4. The molecule has 1 unspecified atom stereocenters. The molecule has 0 bridgehead atoms. The normalized spacial score (nSPS) is 15.2. The molecule has 1 aliphatic heterocycles. The fourth-order valence-electron chi connectivity index (χ4n) is 2.65. The molecule has 2 aromatic carbocycles. The molecule has 4 rings (SSSR count). The van der Waals surface area contributed by atoms with Gasteiger partial charge >= 0.3 is 5.97 Å².